The summed E-state index contributed by atoms with van der Waals surface area (Å²) in [5, 5.41) is 12.5. The number of pyridine rings is 1. The van der Waals surface area contributed by atoms with Crippen molar-refractivity contribution in [1.82, 2.24) is 9.97 Å². The maximum absolute atomic E-state index is 11.1. The first kappa shape index (κ1) is 18.2. The fourth-order valence-electron chi connectivity index (χ4n) is 3.81. The Kier molecular flexibility index (Phi) is 4.55. The molecule has 0 saturated heterocycles. The van der Waals surface area contributed by atoms with Gasteiger partial charge in [0.1, 0.15) is 17.0 Å². The summed E-state index contributed by atoms with van der Waals surface area (Å²) in [6.07, 6.45) is 4.65. The molecule has 2 aromatic carbocycles. The van der Waals surface area contributed by atoms with Crippen LogP contribution in [-0.2, 0) is 6.42 Å². The molecular formula is C23H19N3O4. The summed E-state index contributed by atoms with van der Waals surface area (Å²) >= 11 is 0. The summed E-state index contributed by atoms with van der Waals surface area (Å²) in [6.45, 7) is 0. The van der Waals surface area contributed by atoms with Crippen molar-refractivity contribution in [3.63, 3.8) is 0 Å². The lowest BCUT2D eigenvalue weighted by molar-refractivity contribution is 0.0690. The van der Waals surface area contributed by atoms with E-state index in [4.69, 9.17) is 14.3 Å². The van der Waals surface area contributed by atoms with Gasteiger partial charge in [-0.2, -0.15) is 4.98 Å². The maximum atomic E-state index is 11.1. The monoisotopic (exact) mass is 401 g/mol. The molecule has 7 nitrogen and oxygen atoms in total. The third-order valence-electron chi connectivity index (χ3n) is 5.21. The number of anilines is 1. The zero-order valence-corrected chi connectivity index (χ0v) is 16.0. The highest BCUT2D eigenvalue weighted by Gasteiger charge is 2.21. The minimum atomic E-state index is -1.11. The van der Waals surface area contributed by atoms with Gasteiger partial charge in [-0.15, -0.1) is 0 Å². The third kappa shape index (κ3) is 3.57. The number of oxazole rings is 1. The van der Waals surface area contributed by atoms with Crippen molar-refractivity contribution >= 4 is 23.1 Å². The SMILES string of the molecule is O=C(O)c1cc(Oc2ccc3nc(NC4CCCc5ccccc54)oc3c2)ccn1. The Labute approximate surface area is 172 Å². The molecule has 0 spiro atoms. The van der Waals surface area contributed by atoms with E-state index in [-0.39, 0.29) is 11.7 Å². The molecule has 0 saturated carbocycles. The fraction of sp³-hybridized carbons (Fsp3) is 0.174. The van der Waals surface area contributed by atoms with Gasteiger partial charge in [-0.05, 0) is 48.6 Å². The summed E-state index contributed by atoms with van der Waals surface area (Å²) in [5.74, 6) is -0.194. The van der Waals surface area contributed by atoms with Crippen LogP contribution in [0, 0.1) is 0 Å². The van der Waals surface area contributed by atoms with Crippen LogP contribution in [0.3, 0.4) is 0 Å². The average molecular weight is 401 g/mol. The lowest BCUT2D eigenvalue weighted by atomic mass is 9.88. The van der Waals surface area contributed by atoms with Gasteiger partial charge in [-0.25, -0.2) is 9.78 Å². The van der Waals surface area contributed by atoms with Crippen molar-refractivity contribution in [2.75, 3.05) is 5.32 Å². The first-order chi connectivity index (χ1) is 14.7. The van der Waals surface area contributed by atoms with E-state index in [1.165, 1.54) is 23.4 Å². The zero-order valence-electron chi connectivity index (χ0n) is 16.0. The number of nitrogens with zero attached hydrogens (tertiary/aromatic N) is 2. The number of rotatable bonds is 5. The Morgan fingerprint density at radius 3 is 2.90 bits per heavy atom. The molecular weight excluding hydrogens is 382 g/mol. The molecule has 1 aliphatic carbocycles. The highest BCUT2D eigenvalue weighted by Crippen LogP contribution is 2.34. The summed E-state index contributed by atoms with van der Waals surface area (Å²) in [5.41, 5.74) is 3.89. The Balaban J connectivity index is 1.37. The molecule has 0 amide bonds. The maximum Gasteiger partial charge on any atom is 0.354 e. The molecule has 4 aromatic rings. The van der Waals surface area contributed by atoms with E-state index in [0.717, 1.165) is 24.8 Å². The average Bonchev–Trinajstić information content (AvgIpc) is 3.16. The first-order valence-electron chi connectivity index (χ1n) is 9.78. The molecule has 2 aromatic heterocycles. The van der Waals surface area contributed by atoms with Crippen molar-refractivity contribution in [3.8, 4) is 11.5 Å². The van der Waals surface area contributed by atoms with Crippen LogP contribution in [0.4, 0.5) is 6.01 Å². The lowest BCUT2D eigenvalue weighted by Crippen LogP contribution is -2.17. The number of fused-ring (bicyclic) bond motifs is 2. The van der Waals surface area contributed by atoms with Crippen molar-refractivity contribution in [2.45, 2.75) is 25.3 Å². The van der Waals surface area contributed by atoms with E-state index >= 15 is 0 Å². The van der Waals surface area contributed by atoms with Crippen molar-refractivity contribution in [1.29, 1.82) is 0 Å². The van der Waals surface area contributed by atoms with Crippen LogP contribution in [0.2, 0.25) is 0 Å². The van der Waals surface area contributed by atoms with Gasteiger partial charge in [-0.1, -0.05) is 24.3 Å². The second-order valence-electron chi connectivity index (χ2n) is 7.22. The second-order valence-corrected chi connectivity index (χ2v) is 7.22. The van der Waals surface area contributed by atoms with E-state index in [1.807, 2.05) is 6.07 Å². The molecule has 30 heavy (non-hydrogen) atoms. The summed E-state index contributed by atoms with van der Waals surface area (Å²) in [7, 11) is 0. The molecule has 2 heterocycles. The molecule has 0 radical (unpaired) electrons. The van der Waals surface area contributed by atoms with Crippen LogP contribution in [0.5, 0.6) is 11.5 Å². The van der Waals surface area contributed by atoms with Crippen molar-refractivity contribution in [2.24, 2.45) is 0 Å². The quantitative estimate of drug-likeness (QED) is 0.474. The van der Waals surface area contributed by atoms with Crippen LogP contribution < -0.4 is 10.1 Å². The molecule has 0 bridgehead atoms. The molecule has 1 atom stereocenters. The standard InChI is InChI=1S/C23H19N3O4/c27-22(28)20-12-16(10-11-24-20)29-15-8-9-19-21(13-15)30-23(26-19)25-18-7-3-5-14-4-1-2-6-17(14)18/h1-2,4,6,8-13,18H,3,5,7H2,(H,25,26)(H,27,28). The predicted octanol–water partition coefficient (Wildman–Crippen LogP) is 5.20. The highest BCUT2D eigenvalue weighted by molar-refractivity contribution is 5.85. The van der Waals surface area contributed by atoms with Gasteiger partial charge in [0, 0.05) is 18.3 Å². The number of aromatic carboxylic acids is 1. The summed E-state index contributed by atoms with van der Waals surface area (Å²) < 4.78 is 11.7. The topological polar surface area (TPSA) is 97.5 Å². The molecule has 0 aliphatic heterocycles. The molecule has 2 N–H and O–H groups in total. The number of aromatic nitrogens is 2. The number of hydrogen-bond acceptors (Lipinski definition) is 6. The molecule has 7 heteroatoms. The smallest absolute Gasteiger partial charge is 0.354 e. The number of benzene rings is 2. The number of nitrogens with one attached hydrogen (secondary N) is 1. The normalized spacial score (nSPS) is 15.5. The van der Waals surface area contributed by atoms with E-state index in [0.29, 0.717) is 23.1 Å². The van der Waals surface area contributed by atoms with Crippen LogP contribution in [0.15, 0.2) is 65.2 Å². The Morgan fingerprint density at radius 1 is 1.13 bits per heavy atom. The minimum Gasteiger partial charge on any atom is -0.477 e. The molecule has 1 unspecified atom stereocenters. The van der Waals surface area contributed by atoms with Gasteiger partial charge < -0.3 is 19.6 Å². The van der Waals surface area contributed by atoms with Crippen molar-refractivity contribution in [3.05, 3.63) is 77.6 Å². The molecule has 5 rings (SSSR count). The van der Waals surface area contributed by atoms with E-state index in [1.54, 1.807) is 18.2 Å². The molecule has 150 valence electrons. The summed E-state index contributed by atoms with van der Waals surface area (Å²) in [4.78, 5) is 19.4. The van der Waals surface area contributed by atoms with Gasteiger partial charge in [0.25, 0.3) is 6.01 Å². The lowest BCUT2D eigenvalue weighted by Gasteiger charge is -2.25. The molecule has 0 fully saturated rings. The van der Waals surface area contributed by atoms with E-state index in [9.17, 15) is 4.79 Å². The zero-order chi connectivity index (χ0) is 20.5. The fourth-order valence-corrected chi connectivity index (χ4v) is 3.81. The number of carboxylic acid groups (broad SMARTS) is 1. The largest absolute Gasteiger partial charge is 0.477 e. The number of aryl methyl sites for hydroxylation is 1. The van der Waals surface area contributed by atoms with Crippen LogP contribution in [-0.4, -0.2) is 21.0 Å². The number of hydrogen-bond donors (Lipinski definition) is 2. The van der Waals surface area contributed by atoms with Crippen LogP contribution in [0.1, 0.15) is 40.5 Å². The van der Waals surface area contributed by atoms with Gasteiger partial charge in [-0.3, -0.25) is 0 Å². The van der Waals surface area contributed by atoms with Gasteiger partial charge in [0.05, 0.1) is 6.04 Å². The number of ether oxygens (including phenoxy) is 1. The minimum absolute atomic E-state index is 0.0764. The van der Waals surface area contributed by atoms with E-state index < -0.39 is 5.97 Å². The first-order valence-corrected chi connectivity index (χ1v) is 9.78. The number of carbonyl (C=O) groups is 1. The van der Waals surface area contributed by atoms with Gasteiger partial charge in [0.2, 0.25) is 0 Å². The van der Waals surface area contributed by atoms with Crippen molar-refractivity contribution < 1.29 is 19.1 Å². The van der Waals surface area contributed by atoms with Gasteiger partial charge in [0.15, 0.2) is 11.3 Å². The molecule has 1 aliphatic rings. The third-order valence-corrected chi connectivity index (χ3v) is 5.21. The van der Waals surface area contributed by atoms with Crippen LogP contribution in [0.25, 0.3) is 11.1 Å². The number of carboxylic acids is 1. The Bertz CT molecular complexity index is 1230. The van der Waals surface area contributed by atoms with E-state index in [2.05, 4.69) is 39.6 Å². The summed E-state index contributed by atoms with van der Waals surface area (Å²) in [6, 6.07) is 17.4. The highest BCUT2D eigenvalue weighted by atomic mass is 16.5. The van der Waals surface area contributed by atoms with Gasteiger partial charge >= 0.3 is 5.97 Å². The Morgan fingerprint density at radius 2 is 2.00 bits per heavy atom. The van der Waals surface area contributed by atoms with Crippen LogP contribution >= 0.6 is 0 Å². The predicted molar refractivity (Wildman–Crippen MR) is 111 cm³/mol. The Hall–Kier alpha value is -3.87. The second kappa shape index (κ2) is 7.51.